The van der Waals surface area contributed by atoms with Crippen LogP contribution in [0.5, 0.6) is 17.4 Å². The fraction of sp³-hybridized carbons (Fsp3) is 0.0909. The standard InChI is InChI=1S/C11H8BrN3O4/c1-18-7-2-3-9(15(16)17)10(4-7)19-11-8(12)5-13-6-14-11/h2-6H,1H3. The number of nitro benzene ring substituents is 1. The van der Waals surface area contributed by atoms with Crippen molar-refractivity contribution in [2.45, 2.75) is 0 Å². The van der Waals surface area contributed by atoms with E-state index in [0.717, 1.165) is 0 Å². The van der Waals surface area contributed by atoms with Crippen molar-refractivity contribution in [2.24, 2.45) is 0 Å². The van der Waals surface area contributed by atoms with Crippen LogP contribution in [-0.2, 0) is 0 Å². The third kappa shape index (κ3) is 2.97. The Labute approximate surface area is 116 Å². The van der Waals surface area contributed by atoms with Gasteiger partial charge in [0.1, 0.15) is 12.1 Å². The summed E-state index contributed by atoms with van der Waals surface area (Å²) in [7, 11) is 1.46. The third-order valence-electron chi connectivity index (χ3n) is 2.20. The van der Waals surface area contributed by atoms with Gasteiger partial charge in [-0.3, -0.25) is 10.1 Å². The van der Waals surface area contributed by atoms with Crippen LogP contribution in [0.25, 0.3) is 0 Å². The fourth-order valence-electron chi connectivity index (χ4n) is 1.33. The Hall–Kier alpha value is -2.22. The van der Waals surface area contributed by atoms with Gasteiger partial charge in [0, 0.05) is 18.3 Å². The molecule has 0 bridgehead atoms. The van der Waals surface area contributed by atoms with E-state index in [9.17, 15) is 10.1 Å². The van der Waals surface area contributed by atoms with Crippen molar-refractivity contribution in [1.82, 2.24) is 9.97 Å². The molecule has 1 aromatic carbocycles. The van der Waals surface area contributed by atoms with E-state index < -0.39 is 4.92 Å². The van der Waals surface area contributed by atoms with E-state index in [1.54, 1.807) is 0 Å². The van der Waals surface area contributed by atoms with E-state index in [1.807, 2.05) is 0 Å². The van der Waals surface area contributed by atoms with Crippen molar-refractivity contribution < 1.29 is 14.4 Å². The normalized spacial score (nSPS) is 10.0. The smallest absolute Gasteiger partial charge is 0.311 e. The number of aromatic nitrogens is 2. The molecule has 0 unspecified atom stereocenters. The number of methoxy groups -OCH3 is 1. The van der Waals surface area contributed by atoms with Gasteiger partial charge in [-0.15, -0.1) is 0 Å². The molecule has 2 aromatic rings. The average molecular weight is 326 g/mol. The zero-order chi connectivity index (χ0) is 13.8. The maximum Gasteiger partial charge on any atom is 0.311 e. The Bertz CT molecular complexity index is 621. The molecule has 0 atom stereocenters. The quantitative estimate of drug-likeness (QED) is 0.634. The SMILES string of the molecule is COc1ccc([N+](=O)[O-])c(Oc2ncncc2Br)c1. The Morgan fingerprint density at radius 1 is 1.42 bits per heavy atom. The zero-order valence-corrected chi connectivity index (χ0v) is 11.3. The van der Waals surface area contributed by atoms with Crippen LogP contribution in [0.1, 0.15) is 0 Å². The molecule has 0 aliphatic carbocycles. The number of benzene rings is 1. The van der Waals surface area contributed by atoms with Gasteiger partial charge in [0.25, 0.3) is 0 Å². The monoisotopic (exact) mass is 325 g/mol. The fourth-order valence-corrected chi connectivity index (χ4v) is 1.64. The van der Waals surface area contributed by atoms with Crippen LogP contribution in [0.3, 0.4) is 0 Å². The highest BCUT2D eigenvalue weighted by atomic mass is 79.9. The van der Waals surface area contributed by atoms with E-state index >= 15 is 0 Å². The summed E-state index contributed by atoms with van der Waals surface area (Å²) in [4.78, 5) is 18.1. The Kier molecular flexibility index (Phi) is 3.91. The maximum atomic E-state index is 10.9. The van der Waals surface area contributed by atoms with Gasteiger partial charge < -0.3 is 9.47 Å². The number of hydrogen-bond donors (Lipinski definition) is 0. The Balaban J connectivity index is 2.43. The number of halogens is 1. The van der Waals surface area contributed by atoms with Crippen molar-refractivity contribution in [3.63, 3.8) is 0 Å². The number of nitro groups is 1. The number of ether oxygens (including phenoxy) is 2. The van der Waals surface area contributed by atoms with Gasteiger partial charge in [-0.2, -0.15) is 0 Å². The van der Waals surface area contributed by atoms with Crippen molar-refractivity contribution in [3.05, 3.63) is 45.3 Å². The minimum Gasteiger partial charge on any atom is -0.497 e. The second-order valence-electron chi connectivity index (χ2n) is 3.37. The number of rotatable bonds is 4. The maximum absolute atomic E-state index is 10.9. The molecule has 0 saturated heterocycles. The highest BCUT2D eigenvalue weighted by Gasteiger charge is 2.18. The van der Waals surface area contributed by atoms with Crippen molar-refractivity contribution in [1.29, 1.82) is 0 Å². The molecule has 0 amide bonds. The topological polar surface area (TPSA) is 87.4 Å². The predicted molar refractivity (Wildman–Crippen MR) is 69.5 cm³/mol. The first-order chi connectivity index (χ1) is 9.11. The molecule has 0 N–H and O–H groups in total. The molecular formula is C11H8BrN3O4. The first kappa shape index (κ1) is 13.2. The first-order valence-corrected chi connectivity index (χ1v) is 5.87. The summed E-state index contributed by atoms with van der Waals surface area (Å²) in [5, 5.41) is 10.9. The molecule has 2 rings (SSSR count). The molecule has 0 aliphatic rings. The van der Waals surface area contributed by atoms with Crippen LogP contribution in [0, 0.1) is 10.1 Å². The van der Waals surface area contributed by atoms with Gasteiger partial charge in [-0.1, -0.05) is 0 Å². The second-order valence-corrected chi connectivity index (χ2v) is 4.22. The third-order valence-corrected chi connectivity index (χ3v) is 2.75. The lowest BCUT2D eigenvalue weighted by Crippen LogP contribution is -1.96. The van der Waals surface area contributed by atoms with Crippen LogP contribution < -0.4 is 9.47 Å². The highest BCUT2D eigenvalue weighted by Crippen LogP contribution is 2.35. The van der Waals surface area contributed by atoms with E-state index in [2.05, 4.69) is 25.9 Å². The average Bonchev–Trinajstić information content (AvgIpc) is 2.41. The lowest BCUT2D eigenvalue weighted by atomic mass is 10.3. The first-order valence-electron chi connectivity index (χ1n) is 5.07. The van der Waals surface area contributed by atoms with E-state index in [-0.39, 0.29) is 17.3 Å². The van der Waals surface area contributed by atoms with E-state index in [4.69, 9.17) is 9.47 Å². The summed E-state index contributed by atoms with van der Waals surface area (Å²) in [6, 6.07) is 4.22. The summed E-state index contributed by atoms with van der Waals surface area (Å²) in [6.45, 7) is 0. The largest absolute Gasteiger partial charge is 0.497 e. The molecule has 0 spiro atoms. The molecule has 19 heavy (non-hydrogen) atoms. The van der Waals surface area contributed by atoms with Gasteiger partial charge in [0.05, 0.1) is 16.5 Å². The summed E-state index contributed by atoms with van der Waals surface area (Å²) in [6.07, 6.45) is 2.76. The van der Waals surface area contributed by atoms with Gasteiger partial charge in [-0.25, -0.2) is 9.97 Å². The Morgan fingerprint density at radius 2 is 2.21 bits per heavy atom. The molecule has 7 nitrogen and oxygen atoms in total. The Morgan fingerprint density at radius 3 is 2.84 bits per heavy atom. The molecular weight excluding hydrogens is 318 g/mol. The molecule has 0 saturated carbocycles. The molecule has 98 valence electrons. The number of nitrogens with zero attached hydrogens (tertiary/aromatic N) is 3. The van der Waals surface area contributed by atoms with Crippen LogP contribution in [0.4, 0.5) is 5.69 Å². The van der Waals surface area contributed by atoms with Gasteiger partial charge in [-0.05, 0) is 22.0 Å². The molecule has 1 heterocycles. The summed E-state index contributed by atoms with van der Waals surface area (Å²) < 4.78 is 10.9. The minimum absolute atomic E-state index is 0.0451. The van der Waals surface area contributed by atoms with Crippen LogP contribution in [0.15, 0.2) is 35.2 Å². The highest BCUT2D eigenvalue weighted by molar-refractivity contribution is 9.10. The van der Waals surface area contributed by atoms with Crippen molar-refractivity contribution in [2.75, 3.05) is 7.11 Å². The molecule has 8 heteroatoms. The molecule has 0 fully saturated rings. The second kappa shape index (κ2) is 5.61. The van der Waals surface area contributed by atoms with Gasteiger partial charge in [0.15, 0.2) is 0 Å². The summed E-state index contributed by atoms with van der Waals surface area (Å²) in [5.74, 6) is 0.681. The van der Waals surface area contributed by atoms with E-state index in [0.29, 0.717) is 10.2 Å². The van der Waals surface area contributed by atoms with E-state index in [1.165, 1.54) is 37.8 Å². The van der Waals surface area contributed by atoms with Crippen LogP contribution >= 0.6 is 15.9 Å². The predicted octanol–water partition coefficient (Wildman–Crippen LogP) is 2.95. The number of hydrogen-bond acceptors (Lipinski definition) is 6. The summed E-state index contributed by atoms with van der Waals surface area (Å²) >= 11 is 3.20. The molecule has 1 aromatic heterocycles. The molecule has 0 aliphatic heterocycles. The van der Waals surface area contributed by atoms with Gasteiger partial charge in [0.2, 0.25) is 11.6 Å². The summed E-state index contributed by atoms with van der Waals surface area (Å²) in [5.41, 5.74) is -0.175. The minimum atomic E-state index is -0.538. The lowest BCUT2D eigenvalue weighted by Gasteiger charge is -2.07. The molecule has 0 radical (unpaired) electrons. The lowest BCUT2D eigenvalue weighted by molar-refractivity contribution is -0.385. The van der Waals surface area contributed by atoms with Crippen molar-refractivity contribution in [3.8, 4) is 17.4 Å². The van der Waals surface area contributed by atoms with Crippen LogP contribution in [-0.4, -0.2) is 22.0 Å². The van der Waals surface area contributed by atoms with Crippen LogP contribution in [0.2, 0.25) is 0 Å². The van der Waals surface area contributed by atoms with Gasteiger partial charge >= 0.3 is 5.69 Å². The zero-order valence-electron chi connectivity index (χ0n) is 9.74. The van der Waals surface area contributed by atoms with Crippen molar-refractivity contribution >= 4 is 21.6 Å².